The molecule has 0 fully saturated rings. The van der Waals surface area contributed by atoms with Crippen molar-refractivity contribution in [2.45, 2.75) is 34.3 Å². The second-order valence-electron chi connectivity index (χ2n) is 8.06. The van der Waals surface area contributed by atoms with Crippen LogP contribution in [0.15, 0.2) is 54.1 Å². The van der Waals surface area contributed by atoms with Crippen LogP contribution in [-0.4, -0.2) is 12.5 Å². The van der Waals surface area contributed by atoms with E-state index < -0.39 is 5.91 Å². The number of rotatable bonds is 8. The monoisotopic (exact) mass is 600 g/mol. The van der Waals surface area contributed by atoms with Gasteiger partial charge in [-0.3, -0.25) is 4.79 Å². The minimum absolute atomic E-state index is 0.0382. The minimum Gasteiger partial charge on any atom is -0.490 e. The van der Waals surface area contributed by atoms with Crippen molar-refractivity contribution >= 4 is 51.9 Å². The van der Waals surface area contributed by atoms with E-state index >= 15 is 0 Å². The Morgan fingerprint density at radius 2 is 1.80 bits per heavy atom. The third-order valence-corrected chi connectivity index (χ3v) is 6.60. The Hall–Kier alpha value is -3.02. The highest BCUT2D eigenvalue weighted by molar-refractivity contribution is 14.1. The maximum atomic E-state index is 12.7. The lowest BCUT2D eigenvalue weighted by molar-refractivity contribution is -0.112. The van der Waals surface area contributed by atoms with Gasteiger partial charge in [0.15, 0.2) is 11.5 Å². The predicted octanol–water partition coefficient (Wildman–Crippen LogP) is 7.39. The van der Waals surface area contributed by atoms with Crippen LogP contribution in [0.5, 0.6) is 11.5 Å². The van der Waals surface area contributed by atoms with Crippen LogP contribution < -0.4 is 14.8 Å². The van der Waals surface area contributed by atoms with E-state index in [1.54, 1.807) is 24.3 Å². The SMILES string of the molecule is CCOc1cc(/C=C(\C#N)C(=O)Nc2ccc(C)c(Cl)c2)cc(I)c1OCc1ccc(C)c(C)c1. The van der Waals surface area contributed by atoms with Crippen molar-refractivity contribution in [1.82, 2.24) is 0 Å². The van der Waals surface area contributed by atoms with Crippen molar-refractivity contribution < 1.29 is 14.3 Å². The highest BCUT2D eigenvalue weighted by Gasteiger charge is 2.15. The van der Waals surface area contributed by atoms with E-state index in [0.29, 0.717) is 41.0 Å². The molecule has 1 amide bonds. The zero-order valence-electron chi connectivity index (χ0n) is 20.0. The Balaban J connectivity index is 1.85. The summed E-state index contributed by atoms with van der Waals surface area (Å²) in [4.78, 5) is 12.7. The summed E-state index contributed by atoms with van der Waals surface area (Å²) in [5, 5.41) is 12.9. The number of nitrogens with zero attached hydrogens (tertiary/aromatic N) is 1. The average Bonchev–Trinajstić information content (AvgIpc) is 2.81. The number of ether oxygens (including phenoxy) is 2. The van der Waals surface area contributed by atoms with Crippen molar-refractivity contribution in [3.8, 4) is 17.6 Å². The number of hydrogen-bond acceptors (Lipinski definition) is 4. The summed E-state index contributed by atoms with van der Waals surface area (Å²) in [6.45, 7) is 8.77. The molecule has 0 bridgehead atoms. The molecule has 0 saturated heterocycles. The van der Waals surface area contributed by atoms with Gasteiger partial charge >= 0.3 is 0 Å². The van der Waals surface area contributed by atoms with Gasteiger partial charge in [0, 0.05) is 10.7 Å². The molecule has 35 heavy (non-hydrogen) atoms. The van der Waals surface area contributed by atoms with Crippen molar-refractivity contribution in [3.63, 3.8) is 0 Å². The zero-order valence-corrected chi connectivity index (χ0v) is 23.0. The Labute approximate surface area is 224 Å². The summed E-state index contributed by atoms with van der Waals surface area (Å²) < 4.78 is 12.8. The second kappa shape index (κ2) is 12.1. The Morgan fingerprint density at radius 3 is 2.46 bits per heavy atom. The van der Waals surface area contributed by atoms with E-state index in [-0.39, 0.29) is 5.57 Å². The zero-order chi connectivity index (χ0) is 25.5. The quantitative estimate of drug-likeness (QED) is 0.166. The molecule has 0 atom stereocenters. The summed E-state index contributed by atoms with van der Waals surface area (Å²) in [5.74, 6) is 0.660. The van der Waals surface area contributed by atoms with E-state index in [1.165, 1.54) is 17.2 Å². The maximum Gasteiger partial charge on any atom is 0.266 e. The van der Waals surface area contributed by atoms with Gasteiger partial charge in [-0.05, 0) is 108 Å². The van der Waals surface area contributed by atoms with Crippen LogP contribution in [-0.2, 0) is 11.4 Å². The van der Waals surface area contributed by atoms with Gasteiger partial charge in [0.1, 0.15) is 18.2 Å². The fourth-order valence-corrected chi connectivity index (χ4v) is 4.27. The predicted molar refractivity (Wildman–Crippen MR) is 149 cm³/mol. The Kier molecular flexibility index (Phi) is 9.19. The average molecular weight is 601 g/mol. The third kappa shape index (κ3) is 7.00. The summed E-state index contributed by atoms with van der Waals surface area (Å²) in [6, 6.07) is 17.0. The van der Waals surface area contributed by atoms with E-state index in [9.17, 15) is 10.1 Å². The van der Waals surface area contributed by atoms with Gasteiger partial charge in [0.2, 0.25) is 0 Å². The number of carbonyl (C=O) groups is 1. The highest BCUT2D eigenvalue weighted by atomic mass is 127. The second-order valence-corrected chi connectivity index (χ2v) is 9.63. The molecule has 7 heteroatoms. The number of amides is 1. The molecule has 0 saturated carbocycles. The van der Waals surface area contributed by atoms with E-state index in [4.69, 9.17) is 21.1 Å². The van der Waals surface area contributed by atoms with Crippen LogP contribution in [0.1, 0.15) is 34.7 Å². The van der Waals surface area contributed by atoms with Crippen LogP contribution in [0.4, 0.5) is 5.69 Å². The van der Waals surface area contributed by atoms with Crippen LogP contribution >= 0.6 is 34.2 Å². The summed E-state index contributed by atoms with van der Waals surface area (Å²) in [7, 11) is 0. The van der Waals surface area contributed by atoms with Crippen LogP contribution in [0, 0.1) is 35.7 Å². The molecule has 3 aromatic rings. The fraction of sp³-hybridized carbons (Fsp3) is 0.214. The first kappa shape index (κ1) is 26.6. The lowest BCUT2D eigenvalue weighted by Gasteiger charge is -2.15. The molecule has 180 valence electrons. The van der Waals surface area contributed by atoms with E-state index in [1.807, 2.05) is 32.0 Å². The lowest BCUT2D eigenvalue weighted by atomic mass is 10.1. The molecule has 0 aliphatic rings. The standard InChI is InChI=1S/C28H26ClIN2O3/c1-5-34-26-13-21(11-22(15-31)28(33)32-23-9-7-18(3)24(29)14-23)12-25(30)27(26)35-16-20-8-6-17(2)19(4)10-20/h6-14H,5,16H2,1-4H3,(H,32,33)/b22-11+. The molecule has 1 N–H and O–H groups in total. The molecule has 0 heterocycles. The number of nitrogens with one attached hydrogen (secondary N) is 1. The van der Waals surface area contributed by atoms with Crippen molar-refractivity contribution in [1.29, 1.82) is 5.26 Å². The van der Waals surface area contributed by atoms with Crippen LogP contribution in [0.3, 0.4) is 0 Å². The first-order chi connectivity index (χ1) is 16.7. The van der Waals surface area contributed by atoms with Gasteiger partial charge in [-0.25, -0.2) is 0 Å². The largest absolute Gasteiger partial charge is 0.490 e. The first-order valence-electron chi connectivity index (χ1n) is 11.1. The molecule has 5 nitrogen and oxygen atoms in total. The van der Waals surface area contributed by atoms with Crippen LogP contribution in [0.25, 0.3) is 6.08 Å². The summed E-state index contributed by atoms with van der Waals surface area (Å²) in [6.07, 6.45) is 1.53. The van der Waals surface area contributed by atoms with Gasteiger partial charge in [-0.1, -0.05) is 35.9 Å². The first-order valence-corrected chi connectivity index (χ1v) is 12.5. The molecule has 0 aliphatic carbocycles. The molecule has 0 aliphatic heterocycles. The molecular formula is C28H26ClIN2O3. The lowest BCUT2D eigenvalue weighted by Crippen LogP contribution is -2.13. The molecule has 0 radical (unpaired) electrons. The molecule has 3 rings (SSSR count). The number of carbonyl (C=O) groups excluding carboxylic acids is 1. The van der Waals surface area contributed by atoms with Gasteiger partial charge in [0.25, 0.3) is 5.91 Å². The van der Waals surface area contributed by atoms with Crippen molar-refractivity contribution in [2.75, 3.05) is 11.9 Å². The Bertz CT molecular complexity index is 1330. The molecule has 0 aromatic heterocycles. The van der Waals surface area contributed by atoms with Crippen LogP contribution in [0.2, 0.25) is 5.02 Å². The number of benzene rings is 3. The number of aryl methyl sites for hydroxylation is 3. The molecule has 0 unspecified atom stereocenters. The van der Waals surface area contributed by atoms with Gasteiger partial charge in [-0.15, -0.1) is 0 Å². The summed E-state index contributed by atoms with van der Waals surface area (Å²) >= 11 is 8.32. The topological polar surface area (TPSA) is 71.3 Å². The number of anilines is 1. The maximum absolute atomic E-state index is 12.7. The minimum atomic E-state index is -0.518. The van der Waals surface area contributed by atoms with E-state index in [0.717, 1.165) is 14.7 Å². The third-order valence-electron chi connectivity index (χ3n) is 5.39. The van der Waals surface area contributed by atoms with Crippen molar-refractivity contribution in [2.24, 2.45) is 0 Å². The highest BCUT2D eigenvalue weighted by Crippen LogP contribution is 2.35. The number of nitriles is 1. The smallest absolute Gasteiger partial charge is 0.266 e. The number of hydrogen-bond donors (Lipinski definition) is 1. The normalized spacial score (nSPS) is 11.1. The molecule has 3 aromatic carbocycles. The summed E-state index contributed by atoms with van der Waals surface area (Å²) in [5.41, 5.74) is 5.55. The fourth-order valence-electron chi connectivity index (χ4n) is 3.31. The van der Waals surface area contributed by atoms with E-state index in [2.05, 4.69) is 53.9 Å². The van der Waals surface area contributed by atoms with Gasteiger partial charge < -0.3 is 14.8 Å². The molecular weight excluding hydrogens is 575 g/mol. The Morgan fingerprint density at radius 1 is 1.06 bits per heavy atom. The molecule has 0 spiro atoms. The van der Waals surface area contributed by atoms with Gasteiger partial charge in [0.05, 0.1) is 10.2 Å². The van der Waals surface area contributed by atoms with Crippen molar-refractivity contribution in [3.05, 3.63) is 90.5 Å². The van der Waals surface area contributed by atoms with Gasteiger partial charge in [-0.2, -0.15) is 5.26 Å². The number of halogens is 2.